The predicted octanol–water partition coefficient (Wildman–Crippen LogP) is 1.90. The molecule has 6 heteroatoms. The number of halogens is 1. The van der Waals surface area contributed by atoms with Crippen molar-refractivity contribution in [1.82, 2.24) is 4.31 Å². The van der Waals surface area contributed by atoms with Crippen LogP contribution in [-0.4, -0.2) is 26.8 Å². The molecule has 0 saturated carbocycles. The number of nitrogens with two attached hydrogens (primary N) is 1. The van der Waals surface area contributed by atoms with Gasteiger partial charge in [-0.3, -0.25) is 0 Å². The molecule has 1 atom stereocenters. The minimum Gasteiger partial charge on any atom is -0.337 e. The van der Waals surface area contributed by atoms with Crippen LogP contribution in [0.3, 0.4) is 0 Å². The summed E-state index contributed by atoms with van der Waals surface area (Å²) >= 11 is 0. The van der Waals surface area contributed by atoms with Gasteiger partial charge in [0.05, 0.1) is 4.90 Å². The number of sulfonamides is 1. The molecule has 0 spiro atoms. The van der Waals surface area contributed by atoms with Gasteiger partial charge in [0.1, 0.15) is 18.4 Å². The molecule has 0 amide bonds. The molecular weight excluding hydrogens is 315 g/mol. The van der Waals surface area contributed by atoms with Crippen LogP contribution in [-0.2, 0) is 16.6 Å². The highest BCUT2D eigenvalue weighted by molar-refractivity contribution is 7.89. The fourth-order valence-corrected chi connectivity index (χ4v) is 3.23. The van der Waals surface area contributed by atoms with Gasteiger partial charge in [0.25, 0.3) is 0 Å². The molecule has 23 heavy (non-hydrogen) atoms. The number of hydrogen-bond donors (Lipinski definition) is 1. The van der Waals surface area contributed by atoms with Gasteiger partial charge in [-0.05, 0) is 31.2 Å². The van der Waals surface area contributed by atoms with Crippen LogP contribution < -0.4 is 5.32 Å². The Kier molecular flexibility index (Phi) is 5.51. The van der Waals surface area contributed by atoms with E-state index in [-0.39, 0.29) is 11.9 Å². The maximum Gasteiger partial charge on any atom is 0.242 e. The first-order chi connectivity index (χ1) is 10.8. The Morgan fingerprint density at radius 2 is 1.78 bits per heavy atom. The number of rotatable bonds is 6. The van der Waals surface area contributed by atoms with Crippen LogP contribution in [0.15, 0.2) is 53.4 Å². The van der Waals surface area contributed by atoms with Crippen molar-refractivity contribution in [3.63, 3.8) is 0 Å². The highest BCUT2D eigenvalue weighted by atomic mass is 32.2. The molecule has 0 heterocycles. The Labute approximate surface area is 137 Å². The number of benzene rings is 2. The highest BCUT2D eigenvalue weighted by Crippen LogP contribution is 2.15. The van der Waals surface area contributed by atoms with Crippen molar-refractivity contribution in [3.05, 3.63) is 65.5 Å². The van der Waals surface area contributed by atoms with E-state index in [0.29, 0.717) is 11.4 Å². The largest absolute Gasteiger partial charge is 0.337 e. The first-order valence-electron chi connectivity index (χ1n) is 7.41. The third kappa shape index (κ3) is 4.37. The summed E-state index contributed by atoms with van der Waals surface area (Å²) in [5.41, 5.74) is 1.96. The number of hydrogen-bond acceptors (Lipinski definition) is 2. The van der Waals surface area contributed by atoms with Crippen LogP contribution in [0.1, 0.15) is 24.1 Å². The topological polar surface area (TPSA) is 54.0 Å². The van der Waals surface area contributed by atoms with Gasteiger partial charge >= 0.3 is 0 Å². The van der Waals surface area contributed by atoms with Crippen LogP contribution in [0.5, 0.6) is 0 Å². The van der Waals surface area contributed by atoms with E-state index in [9.17, 15) is 12.8 Å². The highest BCUT2D eigenvalue weighted by Gasteiger charge is 2.17. The molecule has 0 unspecified atom stereocenters. The lowest BCUT2D eigenvalue weighted by Gasteiger charge is -2.13. The van der Waals surface area contributed by atoms with Crippen LogP contribution in [0.4, 0.5) is 4.39 Å². The summed E-state index contributed by atoms with van der Waals surface area (Å²) in [6, 6.07) is 13.5. The summed E-state index contributed by atoms with van der Waals surface area (Å²) in [7, 11) is -0.380. The second kappa shape index (κ2) is 7.21. The van der Waals surface area contributed by atoms with Crippen molar-refractivity contribution < 1.29 is 18.1 Å². The molecule has 0 aliphatic carbocycles. The van der Waals surface area contributed by atoms with Gasteiger partial charge in [0.2, 0.25) is 10.0 Å². The third-order valence-corrected chi connectivity index (χ3v) is 5.59. The zero-order valence-electron chi connectivity index (χ0n) is 13.5. The van der Waals surface area contributed by atoms with Crippen molar-refractivity contribution in [1.29, 1.82) is 0 Å². The van der Waals surface area contributed by atoms with Crippen molar-refractivity contribution >= 4 is 10.0 Å². The Morgan fingerprint density at radius 3 is 2.39 bits per heavy atom. The second-order valence-electron chi connectivity index (χ2n) is 5.71. The van der Waals surface area contributed by atoms with Crippen LogP contribution in [0.2, 0.25) is 0 Å². The Morgan fingerprint density at radius 1 is 1.13 bits per heavy atom. The minimum absolute atomic E-state index is 0.157. The molecule has 0 fully saturated rings. The SMILES string of the molecule is C[C@H]([NH2+]Cc1cccc(S(=O)(=O)N(C)C)c1)c1ccc(F)cc1. The third-order valence-electron chi connectivity index (χ3n) is 3.78. The Bertz CT molecular complexity index is 758. The van der Waals surface area contributed by atoms with Crippen LogP contribution >= 0.6 is 0 Å². The summed E-state index contributed by atoms with van der Waals surface area (Å²) in [5, 5.41) is 2.09. The lowest BCUT2D eigenvalue weighted by atomic mass is 10.1. The van der Waals surface area contributed by atoms with E-state index in [1.54, 1.807) is 30.3 Å². The van der Waals surface area contributed by atoms with Gasteiger partial charge in [-0.25, -0.2) is 17.1 Å². The van der Waals surface area contributed by atoms with Crippen molar-refractivity contribution in [2.24, 2.45) is 0 Å². The van der Waals surface area contributed by atoms with E-state index in [2.05, 4.69) is 5.32 Å². The zero-order chi connectivity index (χ0) is 17.0. The molecule has 2 aromatic carbocycles. The Balaban J connectivity index is 2.08. The molecule has 2 N–H and O–H groups in total. The minimum atomic E-state index is -3.42. The molecule has 4 nitrogen and oxygen atoms in total. The lowest BCUT2D eigenvalue weighted by Crippen LogP contribution is -2.83. The average Bonchev–Trinajstić information content (AvgIpc) is 2.53. The quantitative estimate of drug-likeness (QED) is 0.875. The van der Waals surface area contributed by atoms with Gasteiger partial charge in [-0.1, -0.05) is 24.3 Å². The van der Waals surface area contributed by atoms with Gasteiger partial charge in [0.15, 0.2) is 0 Å². The standard InChI is InChI=1S/C17H21FN2O2S/c1-13(15-7-9-16(18)10-8-15)19-12-14-5-4-6-17(11-14)23(21,22)20(2)3/h4-11,13,19H,12H2,1-3H3/p+1/t13-/m0/s1. The summed E-state index contributed by atoms with van der Waals surface area (Å²) in [6.07, 6.45) is 0. The second-order valence-corrected chi connectivity index (χ2v) is 7.87. The van der Waals surface area contributed by atoms with Crippen molar-refractivity contribution in [2.75, 3.05) is 14.1 Å². The van der Waals surface area contributed by atoms with E-state index in [0.717, 1.165) is 11.1 Å². The molecule has 0 aliphatic rings. The van der Waals surface area contributed by atoms with E-state index >= 15 is 0 Å². The van der Waals surface area contributed by atoms with Crippen LogP contribution in [0, 0.1) is 5.82 Å². The first kappa shape index (κ1) is 17.6. The summed E-state index contributed by atoms with van der Waals surface area (Å²) in [6.45, 7) is 2.68. The predicted molar refractivity (Wildman–Crippen MR) is 87.8 cm³/mol. The average molecular weight is 337 g/mol. The first-order valence-corrected chi connectivity index (χ1v) is 8.85. The molecule has 0 aliphatic heterocycles. The number of nitrogens with zero attached hydrogens (tertiary/aromatic N) is 1. The Hall–Kier alpha value is -1.76. The normalized spacial score (nSPS) is 13.3. The fraction of sp³-hybridized carbons (Fsp3) is 0.294. The molecule has 0 saturated heterocycles. The maximum atomic E-state index is 13.0. The zero-order valence-corrected chi connectivity index (χ0v) is 14.3. The molecule has 0 aromatic heterocycles. The van der Waals surface area contributed by atoms with E-state index in [1.165, 1.54) is 30.5 Å². The molecule has 0 bridgehead atoms. The van der Waals surface area contributed by atoms with E-state index < -0.39 is 10.0 Å². The van der Waals surface area contributed by atoms with Crippen molar-refractivity contribution in [3.8, 4) is 0 Å². The molecule has 124 valence electrons. The fourth-order valence-electron chi connectivity index (χ4n) is 2.26. The van der Waals surface area contributed by atoms with Gasteiger partial charge < -0.3 is 5.32 Å². The van der Waals surface area contributed by atoms with Gasteiger partial charge in [0, 0.05) is 25.2 Å². The summed E-state index contributed by atoms with van der Waals surface area (Å²) in [4.78, 5) is 0.294. The molecule has 2 rings (SSSR count). The monoisotopic (exact) mass is 337 g/mol. The van der Waals surface area contributed by atoms with Gasteiger partial charge in [-0.15, -0.1) is 0 Å². The van der Waals surface area contributed by atoms with E-state index in [4.69, 9.17) is 0 Å². The summed E-state index contributed by atoms with van der Waals surface area (Å²) in [5.74, 6) is -0.248. The summed E-state index contributed by atoms with van der Waals surface area (Å²) < 4.78 is 38.5. The van der Waals surface area contributed by atoms with Crippen molar-refractivity contribution in [2.45, 2.75) is 24.4 Å². The maximum absolute atomic E-state index is 13.0. The lowest BCUT2D eigenvalue weighted by molar-refractivity contribution is -0.708. The smallest absolute Gasteiger partial charge is 0.242 e. The van der Waals surface area contributed by atoms with E-state index in [1.807, 2.05) is 13.0 Å². The van der Waals surface area contributed by atoms with Gasteiger partial charge in [-0.2, -0.15) is 0 Å². The number of quaternary nitrogens is 1. The molecular formula is C17H22FN2O2S+. The van der Waals surface area contributed by atoms with Crippen LogP contribution in [0.25, 0.3) is 0 Å². The molecule has 2 aromatic rings. The molecule has 0 radical (unpaired) electrons.